The molecule has 1 aromatic rings. The summed E-state index contributed by atoms with van der Waals surface area (Å²) in [4.78, 5) is 27.2. The second-order valence-electron chi connectivity index (χ2n) is 11.0. The number of hydrogen-bond donors (Lipinski definition) is 0. The minimum atomic E-state index is -0.176. The van der Waals surface area contributed by atoms with Crippen molar-refractivity contribution in [2.45, 2.75) is 68.5 Å². The second kappa shape index (κ2) is 8.53. The van der Waals surface area contributed by atoms with Crippen LogP contribution in [0.2, 0.25) is 0 Å². The predicted octanol–water partition coefficient (Wildman–Crippen LogP) is 5.13. The Balaban J connectivity index is 1.06. The Morgan fingerprint density at radius 3 is 2.35 bits per heavy atom. The molecule has 4 aliphatic carbocycles. The lowest BCUT2D eigenvalue weighted by molar-refractivity contribution is -0.157. The molecule has 1 aromatic carbocycles. The molecule has 6 rings (SSSR count). The summed E-state index contributed by atoms with van der Waals surface area (Å²) >= 11 is 4.01. The van der Waals surface area contributed by atoms with Gasteiger partial charge in [-0.1, -0.05) is 46.3 Å². The Kier molecular flexibility index (Phi) is 5.91. The van der Waals surface area contributed by atoms with Crippen molar-refractivity contribution < 1.29 is 14.3 Å². The third kappa shape index (κ3) is 4.86. The standard InChI is InChI=1S/C26H34BrNO3/c27-26-14-21-11-22(15-26)13-25(12-21,18-26)16-24(30)31-17-23(29)28-8-6-20(7-9-28)10-19-4-2-1-3-5-19/h1-5,20-22H,6-18H2. The number of hydrogen-bond acceptors (Lipinski definition) is 3. The van der Waals surface area contributed by atoms with E-state index in [1.807, 2.05) is 11.0 Å². The first kappa shape index (κ1) is 21.5. The van der Waals surface area contributed by atoms with Crippen LogP contribution in [0.15, 0.2) is 30.3 Å². The van der Waals surface area contributed by atoms with Crippen LogP contribution in [0.25, 0.3) is 0 Å². The second-order valence-corrected chi connectivity index (χ2v) is 12.6. The Morgan fingerprint density at radius 2 is 1.71 bits per heavy atom. The molecule has 0 aromatic heterocycles. The van der Waals surface area contributed by atoms with Gasteiger partial charge in [0, 0.05) is 17.4 Å². The maximum Gasteiger partial charge on any atom is 0.306 e. The molecule has 1 amide bonds. The van der Waals surface area contributed by atoms with Crippen molar-refractivity contribution in [2.24, 2.45) is 23.2 Å². The highest BCUT2D eigenvalue weighted by Crippen LogP contribution is 2.65. The van der Waals surface area contributed by atoms with Crippen molar-refractivity contribution in [3.05, 3.63) is 35.9 Å². The van der Waals surface area contributed by atoms with Crippen molar-refractivity contribution in [1.29, 1.82) is 0 Å². The number of halogens is 1. The largest absolute Gasteiger partial charge is 0.456 e. The van der Waals surface area contributed by atoms with Gasteiger partial charge in [-0.25, -0.2) is 0 Å². The highest BCUT2D eigenvalue weighted by molar-refractivity contribution is 9.10. The van der Waals surface area contributed by atoms with Crippen LogP contribution in [0.5, 0.6) is 0 Å². The van der Waals surface area contributed by atoms with Gasteiger partial charge in [0.15, 0.2) is 6.61 Å². The van der Waals surface area contributed by atoms with Crippen LogP contribution in [0.4, 0.5) is 0 Å². The normalized spacial score (nSPS) is 34.7. The summed E-state index contributed by atoms with van der Waals surface area (Å²) < 4.78 is 5.75. The summed E-state index contributed by atoms with van der Waals surface area (Å²) in [6.07, 6.45) is 10.9. The van der Waals surface area contributed by atoms with Crippen LogP contribution in [0, 0.1) is 23.2 Å². The van der Waals surface area contributed by atoms with E-state index in [2.05, 4.69) is 40.2 Å². The number of carbonyl (C=O) groups is 2. The molecule has 0 radical (unpaired) electrons. The minimum absolute atomic E-state index is 0.0333. The fourth-order valence-corrected chi connectivity index (χ4v) is 8.98. The van der Waals surface area contributed by atoms with Crippen molar-refractivity contribution in [1.82, 2.24) is 4.90 Å². The van der Waals surface area contributed by atoms with E-state index >= 15 is 0 Å². The Bertz CT molecular complexity index is 803. The van der Waals surface area contributed by atoms with Crippen molar-refractivity contribution in [2.75, 3.05) is 19.7 Å². The van der Waals surface area contributed by atoms with Crippen LogP contribution < -0.4 is 0 Å². The van der Waals surface area contributed by atoms with E-state index in [9.17, 15) is 9.59 Å². The predicted molar refractivity (Wildman–Crippen MR) is 124 cm³/mol. The monoisotopic (exact) mass is 487 g/mol. The number of nitrogens with zero attached hydrogens (tertiary/aromatic N) is 1. The molecule has 168 valence electrons. The molecule has 1 saturated heterocycles. The number of benzene rings is 1. The number of likely N-dealkylation sites (tertiary alicyclic amines) is 1. The minimum Gasteiger partial charge on any atom is -0.456 e. The van der Waals surface area contributed by atoms with Crippen LogP contribution in [0.3, 0.4) is 0 Å². The Hall–Kier alpha value is -1.36. The fraction of sp³-hybridized carbons (Fsp3) is 0.692. The molecule has 2 unspecified atom stereocenters. The number of esters is 1. The number of amides is 1. The molecule has 5 aliphatic rings. The van der Waals surface area contributed by atoms with E-state index in [1.165, 1.54) is 24.8 Å². The topological polar surface area (TPSA) is 46.6 Å². The molecular weight excluding hydrogens is 454 g/mol. The third-order valence-corrected chi connectivity index (χ3v) is 9.25. The molecule has 4 nitrogen and oxygen atoms in total. The van der Waals surface area contributed by atoms with Gasteiger partial charge in [-0.15, -0.1) is 0 Å². The van der Waals surface area contributed by atoms with Gasteiger partial charge in [-0.05, 0) is 86.5 Å². The lowest BCUT2D eigenvalue weighted by Crippen LogP contribution is -2.53. The molecule has 5 fully saturated rings. The summed E-state index contributed by atoms with van der Waals surface area (Å²) in [6, 6.07) is 10.6. The zero-order valence-corrected chi connectivity index (χ0v) is 19.9. The zero-order valence-electron chi connectivity index (χ0n) is 18.4. The molecule has 0 N–H and O–H groups in total. The maximum atomic E-state index is 12.7. The van der Waals surface area contributed by atoms with Gasteiger partial charge in [0.2, 0.25) is 0 Å². The third-order valence-electron chi connectivity index (χ3n) is 8.32. The van der Waals surface area contributed by atoms with E-state index in [0.717, 1.165) is 63.5 Å². The highest BCUT2D eigenvalue weighted by Gasteiger charge is 2.57. The quantitative estimate of drug-likeness (QED) is 0.412. The van der Waals surface area contributed by atoms with Crippen molar-refractivity contribution in [3.63, 3.8) is 0 Å². The average Bonchev–Trinajstić information content (AvgIpc) is 2.71. The Labute approximate surface area is 194 Å². The summed E-state index contributed by atoms with van der Waals surface area (Å²) in [5.41, 5.74) is 1.47. The SMILES string of the molecule is O=C(CC12CC3CC(CC(Br)(C3)C1)C2)OCC(=O)N1CCC(Cc2ccccc2)CC1. The van der Waals surface area contributed by atoms with Gasteiger partial charge < -0.3 is 9.64 Å². The first-order valence-corrected chi connectivity index (χ1v) is 12.9. The van der Waals surface area contributed by atoms with Crippen molar-refractivity contribution >= 4 is 27.8 Å². The molecule has 2 atom stereocenters. The van der Waals surface area contributed by atoms with Gasteiger partial charge in [-0.2, -0.15) is 0 Å². The average molecular weight is 488 g/mol. The number of alkyl halides is 1. The van der Waals surface area contributed by atoms with Gasteiger partial charge in [-0.3, -0.25) is 9.59 Å². The lowest BCUT2D eigenvalue weighted by Gasteiger charge is -2.60. The molecule has 31 heavy (non-hydrogen) atoms. The van der Waals surface area contributed by atoms with E-state index in [-0.39, 0.29) is 28.2 Å². The van der Waals surface area contributed by atoms with Gasteiger partial charge in [0.05, 0.1) is 6.42 Å². The van der Waals surface area contributed by atoms with Gasteiger partial charge in [0.1, 0.15) is 0 Å². The van der Waals surface area contributed by atoms with Crippen LogP contribution in [-0.4, -0.2) is 40.8 Å². The number of piperidine rings is 1. The fourth-order valence-electron chi connectivity index (χ4n) is 7.47. The number of ether oxygens (including phenoxy) is 1. The van der Waals surface area contributed by atoms with Gasteiger partial charge in [0.25, 0.3) is 5.91 Å². The van der Waals surface area contributed by atoms with Crippen LogP contribution in [0.1, 0.15) is 63.4 Å². The smallest absolute Gasteiger partial charge is 0.306 e. The first-order valence-electron chi connectivity index (χ1n) is 12.1. The van der Waals surface area contributed by atoms with E-state index in [0.29, 0.717) is 12.3 Å². The highest BCUT2D eigenvalue weighted by atomic mass is 79.9. The van der Waals surface area contributed by atoms with Gasteiger partial charge >= 0.3 is 5.97 Å². The molecule has 4 saturated carbocycles. The number of carbonyl (C=O) groups excluding carboxylic acids is 2. The molecule has 1 aliphatic heterocycles. The molecule has 4 bridgehead atoms. The molecule has 1 heterocycles. The van der Waals surface area contributed by atoms with Crippen LogP contribution in [-0.2, 0) is 20.7 Å². The van der Waals surface area contributed by atoms with E-state index in [4.69, 9.17) is 4.74 Å². The Morgan fingerprint density at radius 1 is 1.03 bits per heavy atom. The van der Waals surface area contributed by atoms with Crippen molar-refractivity contribution in [3.8, 4) is 0 Å². The maximum absolute atomic E-state index is 12.7. The summed E-state index contributed by atoms with van der Waals surface area (Å²) in [5, 5.41) is 0. The number of rotatable bonds is 6. The molecule has 0 spiro atoms. The first-order chi connectivity index (χ1) is 14.9. The van der Waals surface area contributed by atoms with E-state index < -0.39 is 0 Å². The zero-order chi connectivity index (χ0) is 21.5. The van der Waals surface area contributed by atoms with Crippen LogP contribution >= 0.6 is 15.9 Å². The summed E-state index contributed by atoms with van der Waals surface area (Å²) in [5.74, 6) is 1.93. The summed E-state index contributed by atoms with van der Waals surface area (Å²) in [7, 11) is 0. The lowest BCUT2D eigenvalue weighted by atomic mass is 9.49. The van der Waals surface area contributed by atoms with E-state index in [1.54, 1.807) is 0 Å². The molecular formula is C26H34BrNO3. The summed E-state index contributed by atoms with van der Waals surface area (Å²) in [6.45, 7) is 1.45. The molecule has 5 heteroatoms.